The minimum absolute atomic E-state index is 0.323. The van der Waals surface area contributed by atoms with Crippen molar-refractivity contribution in [2.24, 2.45) is 5.73 Å². The van der Waals surface area contributed by atoms with Gasteiger partial charge in [-0.3, -0.25) is 4.79 Å². The van der Waals surface area contributed by atoms with Crippen LogP contribution in [0.15, 0.2) is 0 Å². The second-order valence-corrected chi connectivity index (χ2v) is 2.95. The van der Waals surface area contributed by atoms with E-state index in [0.717, 1.165) is 13.1 Å². The van der Waals surface area contributed by atoms with Crippen LogP contribution in [0.3, 0.4) is 0 Å². The number of hydrogen-bond donors (Lipinski definition) is 3. The van der Waals surface area contributed by atoms with Crippen LogP contribution in [-0.2, 0) is 4.79 Å². The maximum Gasteiger partial charge on any atom is 0.321 e. The van der Waals surface area contributed by atoms with Gasteiger partial charge >= 0.3 is 5.97 Å². The van der Waals surface area contributed by atoms with E-state index in [1.54, 1.807) is 0 Å². The average molecular weight is 175 g/mol. The molecular formula is C7H17N3O2. The molecule has 0 spiro atoms. The summed E-state index contributed by atoms with van der Waals surface area (Å²) in [5.41, 5.74) is 5.26. The van der Waals surface area contributed by atoms with Crippen molar-refractivity contribution >= 4 is 5.97 Å². The first-order valence-electron chi connectivity index (χ1n) is 3.88. The first kappa shape index (κ1) is 11.4. The lowest BCUT2D eigenvalue weighted by molar-refractivity contribution is -0.138. The van der Waals surface area contributed by atoms with Gasteiger partial charge in [-0.05, 0) is 14.1 Å². The highest BCUT2D eigenvalue weighted by atomic mass is 16.4. The second-order valence-electron chi connectivity index (χ2n) is 2.95. The molecule has 0 amide bonds. The Balaban J connectivity index is 3.25. The number of rotatable bonds is 6. The van der Waals surface area contributed by atoms with E-state index in [0.29, 0.717) is 6.54 Å². The van der Waals surface area contributed by atoms with Gasteiger partial charge in [0.25, 0.3) is 0 Å². The maximum absolute atomic E-state index is 10.3. The molecule has 72 valence electrons. The summed E-state index contributed by atoms with van der Waals surface area (Å²) in [4.78, 5) is 12.3. The highest BCUT2D eigenvalue weighted by Gasteiger charge is 2.09. The normalized spacial score (nSPS) is 13.3. The van der Waals surface area contributed by atoms with Crippen molar-refractivity contribution in [3.8, 4) is 0 Å². The molecule has 0 aliphatic carbocycles. The van der Waals surface area contributed by atoms with Crippen LogP contribution in [0.25, 0.3) is 0 Å². The number of carbonyl (C=O) groups is 1. The summed E-state index contributed by atoms with van der Waals surface area (Å²) in [6, 6.07) is -0.799. The molecule has 4 N–H and O–H groups in total. The number of nitrogens with two attached hydrogens (primary N) is 1. The van der Waals surface area contributed by atoms with Gasteiger partial charge in [0.1, 0.15) is 6.04 Å². The molecule has 12 heavy (non-hydrogen) atoms. The van der Waals surface area contributed by atoms with Crippen LogP contribution in [0.1, 0.15) is 0 Å². The Morgan fingerprint density at radius 3 is 2.67 bits per heavy atom. The van der Waals surface area contributed by atoms with E-state index in [1.165, 1.54) is 0 Å². The smallest absolute Gasteiger partial charge is 0.321 e. The Bertz CT molecular complexity index is 139. The largest absolute Gasteiger partial charge is 0.480 e. The van der Waals surface area contributed by atoms with Crippen LogP contribution in [0.5, 0.6) is 0 Å². The molecule has 0 saturated heterocycles. The average Bonchev–Trinajstić information content (AvgIpc) is 1.97. The predicted octanol–water partition coefficient (Wildman–Crippen LogP) is -1.45. The molecule has 0 rings (SSSR count). The number of carboxylic acid groups (broad SMARTS) is 1. The molecule has 0 aliphatic rings. The van der Waals surface area contributed by atoms with Crippen LogP contribution < -0.4 is 11.1 Å². The molecule has 0 saturated carbocycles. The van der Waals surface area contributed by atoms with E-state index in [4.69, 9.17) is 10.8 Å². The first-order chi connectivity index (χ1) is 5.54. The van der Waals surface area contributed by atoms with Crippen molar-refractivity contribution in [1.82, 2.24) is 10.2 Å². The van der Waals surface area contributed by atoms with Crippen LogP contribution in [-0.4, -0.2) is 55.7 Å². The number of carboxylic acids is 1. The van der Waals surface area contributed by atoms with Crippen LogP contribution in [0.2, 0.25) is 0 Å². The van der Waals surface area contributed by atoms with Gasteiger partial charge in [-0.15, -0.1) is 0 Å². The van der Waals surface area contributed by atoms with Crippen molar-refractivity contribution in [2.45, 2.75) is 6.04 Å². The van der Waals surface area contributed by atoms with Gasteiger partial charge in [-0.1, -0.05) is 0 Å². The SMILES string of the molecule is CN(C)CCNCC(N)C(=O)O. The summed E-state index contributed by atoms with van der Waals surface area (Å²) in [6.45, 7) is 1.96. The van der Waals surface area contributed by atoms with Crippen molar-refractivity contribution in [1.29, 1.82) is 0 Å². The Kier molecular flexibility index (Phi) is 5.61. The van der Waals surface area contributed by atoms with Gasteiger partial charge in [0.15, 0.2) is 0 Å². The fraction of sp³-hybridized carbons (Fsp3) is 0.857. The fourth-order valence-corrected chi connectivity index (χ4v) is 0.648. The molecule has 1 unspecified atom stereocenters. The lowest BCUT2D eigenvalue weighted by Gasteiger charge is -2.11. The third-order valence-electron chi connectivity index (χ3n) is 1.42. The third-order valence-corrected chi connectivity index (χ3v) is 1.42. The topological polar surface area (TPSA) is 78.6 Å². The van der Waals surface area contributed by atoms with Crippen LogP contribution >= 0.6 is 0 Å². The Hall–Kier alpha value is -0.650. The van der Waals surface area contributed by atoms with Crippen molar-refractivity contribution < 1.29 is 9.90 Å². The third kappa shape index (κ3) is 6.09. The number of nitrogens with one attached hydrogen (secondary N) is 1. The van der Waals surface area contributed by atoms with Crippen molar-refractivity contribution in [3.63, 3.8) is 0 Å². The molecule has 0 aromatic carbocycles. The van der Waals surface area contributed by atoms with Gasteiger partial charge in [0, 0.05) is 19.6 Å². The summed E-state index contributed by atoms with van der Waals surface area (Å²) >= 11 is 0. The van der Waals surface area contributed by atoms with E-state index >= 15 is 0 Å². The molecule has 5 nitrogen and oxygen atoms in total. The minimum Gasteiger partial charge on any atom is -0.480 e. The minimum atomic E-state index is -0.965. The van der Waals surface area contributed by atoms with Crippen LogP contribution in [0.4, 0.5) is 0 Å². The van der Waals surface area contributed by atoms with Gasteiger partial charge < -0.3 is 21.1 Å². The quantitative estimate of drug-likeness (QED) is 0.430. The van der Waals surface area contributed by atoms with E-state index < -0.39 is 12.0 Å². The molecule has 0 aromatic heterocycles. The number of likely N-dealkylation sites (N-methyl/N-ethyl adjacent to an activating group) is 1. The van der Waals surface area contributed by atoms with E-state index in [2.05, 4.69) is 5.32 Å². The molecule has 0 bridgehead atoms. The van der Waals surface area contributed by atoms with Gasteiger partial charge in [-0.2, -0.15) is 0 Å². The number of hydrogen-bond acceptors (Lipinski definition) is 4. The van der Waals surface area contributed by atoms with E-state index in [9.17, 15) is 4.79 Å². The molecule has 0 radical (unpaired) electrons. The van der Waals surface area contributed by atoms with Crippen LogP contribution in [0, 0.1) is 0 Å². The molecule has 0 fully saturated rings. The first-order valence-corrected chi connectivity index (χ1v) is 3.88. The number of nitrogens with zero attached hydrogens (tertiary/aromatic N) is 1. The monoisotopic (exact) mass is 175 g/mol. The molecule has 1 atom stereocenters. The summed E-state index contributed by atoms with van der Waals surface area (Å²) in [6.07, 6.45) is 0. The van der Waals surface area contributed by atoms with E-state index in [1.807, 2.05) is 19.0 Å². The summed E-state index contributed by atoms with van der Waals surface area (Å²) in [7, 11) is 3.91. The standard InChI is InChI=1S/C7H17N3O2/c1-10(2)4-3-9-5-6(8)7(11)12/h6,9H,3-5,8H2,1-2H3,(H,11,12). The zero-order chi connectivity index (χ0) is 9.56. The van der Waals surface area contributed by atoms with E-state index in [-0.39, 0.29) is 0 Å². The van der Waals surface area contributed by atoms with Crippen molar-refractivity contribution in [2.75, 3.05) is 33.7 Å². The zero-order valence-corrected chi connectivity index (χ0v) is 7.58. The molecule has 5 heteroatoms. The molecular weight excluding hydrogens is 158 g/mol. The van der Waals surface area contributed by atoms with Crippen molar-refractivity contribution in [3.05, 3.63) is 0 Å². The zero-order valence-electron chi connectivity index (χ0n) is 7.58. The fourth-order valence-electron chi connectivity index (χ4n) is 0.648. The highest BCUT2D eigenvalue weighted by Crippen LogP contribution is 1.76. The lowest BCUT2D eigenvalue weighted by Crippen LogP contribution is -2.41. The number of aliphatic carboxylic acids is 1. The second kappa shape index (κ2) is 5.93. The van der Waals surface area contributed by atoms with Gasteiger partial charge in [0.05, 0.1) is 0 Å². The lowest BCUT2D eigenvalue weighted by atomic mass is 10.3. The van der Waals surface area contributed by atoms with Gasteiger partial charge in [0.2, 0.25) is 0 Å². The summed E-state index contributed by atoms with van der Waals surface area (Å²) in [5.74, 6) is -0.965. The molecule has 0 heterocycles. The molecule has 0 aromatic rings. The summed E-state index contributed by atoms with van der Waals surface area (Å²) < 4.78 is 0. The Morgan fingerprint density at radius 1 is 1.67 bits per heavy atom. The summed E-state index contributed by atoms with van der Waals surface area (Å²) in [5, 5.41) is 11.4. The Labute approximate surface area is 72.5 Å². The Morgan fingerprint density at radius 2 is 2.25 bits per heavy atom. The maximum atomic E-state index is 10.3. The predicted molar refractivity (Wildman–Crippen MR) is 47.0 cm³/mol. The van der Waals surface area contributed by atoms with Gasteiger partial charge in [-0.25, -0.2) is 0 Å². The highest BCUT2D eigenvalue weighted by molar-refractivity contribution is 5.73. The molecule has 0 aliphatic heterocycles.